The van der Waals surface area contributed by atoms with Crippen LogP contribution in [0.1, 0.15) is 79.4 Å². The Morgan fingerprint density at radius 1 is 0.790 bits per heavy atom. The number of nitrogens with zero attached hydrogens (tertiary/aromatic N) is 1. The third-order valence-corrected chi connectivity index (χ3v) is 22.4. The summed E-state index contributed by atoms with van der Waals surface area (Å²) in [4.78, 5) is 42.1. The van der Waals surface area contributed by atoms with E-state index >= 15 is 0 Å². The van der Waals surface area contributed by atoms with Gasteiger partial charge in [0.2, 0.25) is 0 Å². The number of benzene rings is 2. The first kappa shape index (κ1) is 53.3. The Bertz CT molecular complexity index is 1590. The van der Waals surface area contributed by atoms with Gasteiger partial charge in [0.1, 0.15) is 25.4 Å². The van der Waals surface area contributed by atoms with E-state index in [-0.39, 0.29) is 26.4 Å². The van der Waals surface area contributed by atoms with Crippen molar-refractivity contribution < 1.29 is 56.4 Å². The van der Waals surface area contributed by atoms with Gasteiger partial charge in [-0.15, -0.1) is 0 Å². The molecular weight excluding hydrogens is 827 g/mol. The SMILES string of the molecule is CC[Si](CC)(CC)O[C@H](C[C@@H](OC)[C@@H](O[Si](CC)(CC)CC)[C@@H](OCc1ccc(OC)cc1)C(C)(C)C=O)C[C@@H](OC)[C@H](OCOC)C(=O)N1C(=O)OC[C@@H]1Cc1ccccc1. The maximum absolute atomic E-state index is 14.6. The summed E-state index contributed by atoms with van der Waals surface area (Å²) in [5.41, 5.74) is 0.909. The van der Waals surface area contributed by atoms with Crippen LogP contribution in [0.5, 0.6) is 5.75 Å². The molecule has 0 radical (unpaired) electrons. The van der Waals surface area contributed by atoms with E-state index in [2.05, 4.69) is 41.5 Å². The van der Waals surface area contributed by atoms with Crippen molar-refractivity contribution in [3.8, 4) is 5.75 Å². The molecule has 0 bridgehead atoms. The Balaban J connectivity index is 2.13. The predicted molar refractivity (Wildman–Crippen MR) is 245 cm³/mol. The maximum atomic E-state index is 14.6. The van der Waals surface area contributed by atoms with Gasteiger partial charge in [-0.1, -0.05) is 97.9 Å². The zero-order chi connectivity index (χ0) is 45.9. The minimum atomic E-state index is -2.37. The van der Waals surface area contributed by atoms with E-state index in [4.69, 9.17) is 42.0 Å². The Kier molecular flexibility index (Phi) is 22.4. The van der Waals surface area contributed by atoms with Crippen molar-refractivity contribution in [3.63, 3.8) is 0 Å². The highest BCUT2D eigenvalue weighted by atomic mass is 28.4. The Labute approximate surface area is 374 Å². The summed E-state index contributed by atoms with van der Waals surface area (Å²) in [5.74, 6) is 0.161. The van der Waals surface area contributed by atoms with Crippen LogP contribution in [0, 0.1) is 5.41 Å². The minimum Gasteiger partial charge on any atom is -0.497 e. The number of methoxy groups -OCH3 is 4. The monoisotopic (exact) mass is 903 g/mol. The molecule has 0 N–H and O–H groups in total. The number of carbonyl (C=O) groups excluding carboxylic acids is 3. The van der Waals surface area contributed by atoms with Crippen LogP contribution in [-0.4, -0.2) is 124 Å². The second kappa shape index (κ2) is 26.1. The molecular formula is C47H77NO12Si2. The fourth-order valence-electron chi connectivity index (χ4n) is 8.48. The highest BCUT2D eigenvalue weighted by Crippen LogP contribution is 2.37. The fraction of sp³-hybridized carbons (Fsp3) is 0.681. The summed E-state index contributed by atoms with van der Waals surface area (Å²) in [6.45, 7) is 16.9. The Hall–Kier alpha value is -3.00. The number of imide groups is 1. The summed E-state index contributed by atoms with van der Waals surface area (Å²) >= 11 is 0. The van der Waals surface area contributed by atoms with Gasteiger partial charge in [0.15, 0.2) is 22.7 Å². The van der Waals surface area contributed by atoms with E-state index in [1.165, 1.54) is 14.2 Å². The van der Waals surface area contributed by atoms with Crippen molar-refractivity contribution in [2.24, 2.45) is 5.41 Å². The van der Waals surface area contributed by atoms with Crippen molar-refractivity contribution in [3.05, 3.63) is 65.7 Å². The van der Waals surface area contributed by atoms with Crippen LogP contribution in [0.25, 0.3) is 0 Å². The number of rotatable bonds is 31. The van der Waals surface area contributed by atoms with Crippen LogP contribution < -0.4 is 4.74 Å². The van der Waals surface area contributed by atoms with Gasteiger partial charge >= 0.3 is 6.09 Å². The van der Waals surface area contributed by atoms with Gasteiger partial charge < -0.3 is 46.8 Å². The summed E-state index contributed by atoms with van der Waals surface area (Å²) < 4.78 is 56.5. The molecule has 62 heavy (non-hydrogen) atoms. The molecule has 350 valence electrons. The maximum Gasteiger partial charge on any atom is 0.417 e. The van der Waals surface area contributed by atoms with Gasteiger partial charge in [0.05, 0.1) is 50.3 Å². The summed E-state index contributed by atoms with van der Waals surface area (Å²) in [6.07, 6.45) is -3.42. The average molecular weight is 904 g/mol. The van der Waals surface area contributed by atoms with E-state index in [1.807, 2.05) is 68.4 Å². The molecule has 2 aromatic carbocycles. The highest BCUT2D eigenvalue weighted by Gasteiger charge is 2.49. The first-order chi connectivity index (χ1) is 29.7. The van der Waals surface area contributed by atoms with Crippen LogP contribution in [0.4, 0.5) is 4.79 Å². The second-order valence-corrected chi connectivity index (χ2v) is 26.4. The normalized spacial score (nSPS) is 17.8. The van der Waals surface area contributed by atoms with E-state index in [0.717, 1.165) is 64.3 Å². The number of ether oxygens (including phenoxy) is 7. The van der Waals surface area contributed by atoms with Gasteiger partial charge in [-0.25, -0.2) is 9.69 Å². The molecule has 1 aliphatic heterocycles. The van der Waals surface area contributed by atoms with Gasteiger partial charge in [-0.2, -0.15) is 0 Å². The first-order valence-corrected chi connectivity index (χ1v) is 27.5. The van der Waals surface area contributed by atoms with Gasteiger partial charge in [0, 0.05) is 39.6 Å². The van der Waals surface area contributed by atoms with Crippen molar-refractivity contribution >= 4 is 34.9 Å². The molecule has 3 rings (SSSR count). The second-order valence-electron chi connectivity index (χ2n) is 17.0. The topological polar surface area (TPSA) is 138 Å². The van der Waals surface area contributed by atoms with E-state index < -0.39 is 76.7 Å². The molecule has 1 aliphatic rings. The number of carbonyl (C=O) groups is 3. The van der Waals surface area contributed by atoms with Crippen LogP contribution >= 0.6 is 0 Å². The van der Waals surface area contributed by atoms with Crippen LogP contribution in [0.15, 0.2) is 54.6 Å². The molecule has 0 aliphatic carbocycles. The quantitative estimate of drug-likeness (QED) is 0.0406. The molecule has 0 unspecified atom stereocenters. The zero-order valence-corrected chi connectivity index (χ0v) is 41.6. The molecule has 0 saturated carbocycles. The van der Waals surface area contributed by atoms with Crippen molar-refractivity contribution in [1.29, 1.82) is 0 Å². The Morgan fingerprint density at radius 2 is 1.35 bits per heavy atom. The lowest BCUT2D eigenvalue weighted by atomic mass is 9.82. The van der Waals surface area contributed by atoms with Gasteiger partial charge in [0.25, 0.3) is 5.91 Å². The van der Waals surface area contributed by atoms with Crippen molar-refractivity contribution in [2.45, 2.75) is 160 Å². The Morgan fingerprint density at radius 3 is 1.87 bits per heavy atom. The van der Waals surface area contributed by atoms with Gasteiger partial charge in [-0.3, -0.25) is 4.79 Å². The van der Waals surface area contributed by atoms with Crippen molar-refractivity contribution in [1.82, 2.24) is 4.90 Å². The molecule has 2 aromatic rings. The lowest BCUT2D eigenvalue weighted by Crippen LogP contribution is -2.56. The smallest absolute Gasteiger partial charge is 0.417 e. The highest BCUT2D eigenvalue weighted by molar-refractivity contribution is 6.74. The molecule has 2 amide bonds. The van der Waals surface area contributed by atoms with Crippen molar-refractivity contribution in [2.75, 3.05) is 41.8 Å². The molecule has 7 atom stereocenters. The molecule has 1 heterocycles. The number of aldehydes is 1. The number of amides is 2. The van der Waals surface area contributed by atoms with Gasteiger partial charge in [-0.05, 0) is 65.9 Å². The van der Waals surface area contributed by atoms with Crippen LogP contribution in [0.3, 0.4) is 0 Å². The van der Waals surface area contributed by atoms with Crippen LogP contribution in [0.2, 0.25) is 36.3 Å². The molecule has 1 saturated heterocycles. The molecule has 15 heteroatoms. The minimum absolute atomic E-state index is 0.0608. The third kappa shape index (κ3) is 14.3. The summed E-state index contributed by atoms with van der Waals surface area (Å²) in [5, 5.41) is 0. The molecule has 0 spiro atoms. The first-order valence-electron chi connectivity index (χ1n) is 22.5. The number of hydrogen-bond donors (Lipinski definition) is 0. The molecule has 0 aromatic heterocycles. The lowest BCUT2D eigenvalue weighted by molar-refractivity contribution is -0.169. The number of cyclic esters (lactones) is 1. The van der Waals surface area contributed by atoms with E-state index in [9.17, 15) is 14.4 Å². The predicted octanol–water partition coefficient (Wildman–Crippen LogP) is 8.98. The standard InChI is InChI=1S/C47H77NO12Si2/c1-13-61(14-2,15-3)59-39(30-41(55-12)43(58-34-52-9)45(50)48-37(32-57-46(48)51)28-35-22-20-19-21-23-35)29-40(54-11)42(60-62(16-4,17-5)18-6)44(47(7,8)33-49)56-31-36-24-26-38(53-10)27-25-36/h19-27,33,37,39-44H,13-18,28-32,34H2,1-12H3/t37-,39+,40+,41+,42+,43-,44+/m0/s1. The fourth-order valence-corrected chi connectivity index (χ4v) is 14.2. The molecule has 1 fully saturated rings. The van der Waals surface area contributed by atoms with E-state index in [1.54, 1.807) is 14.2 Å². The zero-order valence-electron chi connectivity index (χ0n) is 39.6. The largest absolute Gasteiger partial charge is 0.497 e. The number of hydrogen-bond acceptors (Lipinski definition) is 12. The van der Waals surface area contributed by atoms with E-state index in [0.29, 0.717) is 12.8 Å². The van der Waals surface area contributed by atoms with Crippen LogP contribution in [-0.2, 0) is 59.9 Å². The third-order valence-electron chi connectivity index (χ3n) is 13.0. The summed E-state index contributed by atoms with van der Waals surface area (Å²) in [6, 6.07) is 22.0. The lowest BCUT2D eigenvalue weighted by Gasteiger charge is -2.45. The summed E-state index contributed by atoms with van der Waals surface area (Å²) in [7, 11) is 1.59. The average Bonchev–Trinajstić information content (AvgIpc) is 3.67. The molecule has 13 nitrogen and oxygen atoms in total.